The minimum Gasteiger partial charge on any atom is -0.371 e. The molecule has 0 unspecified atom stereocenters. The molecule has 0 radical (unpaired) electrons. The number of anilines is 1. The molecule has 1 saturated heterocycles. The molecule has 0 bridgehead atoms. The zero-order valence-electron chi connectivity index (χ0n) is 11.3. The average Bonchev–Trinajstić information content (AvgIpc) is 2.47. The van der Waals surface area contributed by atoms with Crippen LogP contribution in [0.3, 0.4) is 0 Å². The van der Waals surface area contributed by atoms with Gasteiger partial charge in [-0.1, -0.05) is 0 Å². The van der Waals surface area contributed by atoms with Crippen LogP contribution in [0.2, 0.25) is 0 Å². The van der Waals surface area contributed by atoms with Gasteiger partial charge < -0.3 is 10.6 Å². The molecule has 106 valence electrons. The summed E-state index contributed by atoms with van der Waals surface area (Å²) in [5, 5.41) is 19.8. The van der Waals surface area contributed by atoms with Crippen LogP contribution in [0, 0.1) is 27.4 Å². The Hall–Kier alpha value is -2.13. The van der Waals surface area contributed by atoms with Crippen LogP contribution < -0.4 is 10.6 Å². The van der Waals surface area contributed by atoms with Gasteiger partial charge in [0.25, 0.3) is 5.69 Å². The molecule has 0 aliphatic carbocycles. The predicted octanol–water partition coefficient (Wildman–Crippen LogP) is 2.03. The minimum atomic E-state index is -0.518. The number of nitrogens with zero attached hydrogens (tertiary/aromatic N) is 3. The minimum absolute atomic E-state index is 0.122. The van der Waals surface area contributed by atoms with Gasteiger partial charge in [0.15, 0.2) is 0 Å². The third-order valence-corrected chi connectivity index (χ3v) is 3.85. The summed E-state index contributed by atoms with van der Waals surface area (Å²) in [5.41, 5.74) is 6.45. The molecular formula is C14H18N4O2. The van der Waals surface area contributed by atoms with Crippen molar-refractivity contribution in [2.75, 3.05) is 24.5 Å². The Kier molecular flexibility index (Phi) is 4.53. The highest BCUT2D eigenvalue weighted by Crippen LogP contribution is 2.28. The molecule has 1 aromatic rings. The average molecular weight is 274 g/mol. The Bertz CT molecular complexity index is 530. The lowest BCUT2D eigenvalue weighted by molar-refractivity contribution is -0.385. The third-order valence-electron chi connectivity index (χ3n) is 3.85. The van der Waals surface area contributed by atoms with Gasteiger partial charge in [-0.2, -0.15) is 5.26 Å². The molecule has 1 heterocycles. The van der Waals surface area contributed by atoms with E-state index in [4.69, 9.17) is 11.0 Å². The highest BCUT2D eigenvalue weighted by Gasteiger charge is 2.21. The fraction of sp³-hybridized carbons (Fsp3) is 0.500. The van der Waals surface area contributed by atoms with E-state index in [1.807, 2.05) is 6.07 Å². The Morgan fingerprint density at radius 3 is 2.70 bits per heavy atom. The Balaban J connectivity index is 2.11. The lowest BCUT2D eigenvalue weighted by Gasteiger charge is -2.33. The second-order valence-corrected chi connectivity index (χ2v) is 5.08. The van der Waals surface area contributed by atoms with Crippen LogP contribution in [-0.2, 0) is 0 Å². The summed E-state index contributed by atoms with van der Waals surface area (Å²) in [4.78, 5) is 12.5. The van der Waals surface area contributed by atoms with Gasteiger partial charge in [0, 0.05) is 24.8 Å². The van der Waals surface area contributed by atoms with E-state index in [-0.39, 0.29) is 11.3 Å². The SMILES string of the molecule is N#Cc1cc(N2CCC(CCN)CC2)ccc1[N+](=O)[O-]. The van der Waals surface area contributed by atoms with Crippen LogP contribution in [0.15, 0.2) is 18.2 Å². The summed E-state index contributed by atoms with van der Waals surface area (Å²) in [5.74, 6) is 0.671. The number of hydrogen-bond acceptors (Lipinski definition) is 5. The second-order valence-electron chi connectivity index (χ2n) is 5.08. The van der Waals surface area contributed by atoms with Crippen molar-refractivity contribution in [1.29, 1.82) is 5.26 Å². The Labute approximate surface area is 117 Å². The first-order valence-electron chi connectivity index (χ1n) is 6.79. The standard InChI is InChI=1S/C14H18N4O2/c15-6-3-11-4-7-17(8-5-11)13-1-2-14(18(19)20)12(9-13)10-16/h1-2,9,11H,3-8,15H2. The molecular weight excluding hydrogens is 256 g/mol. The summed E-state index contributed by atoms with van der Waals surface area (Å²) in [6, 6.07) is 6.65. The van der Waals surface area contributed by atoms with E-state index < -0.39 is 4.92 Å². The van der Waals surface area contributed by atoms with Gasteiger partial charge in [-0.05, 0) is 43.9 Å². The predicted molar refractivity (Wildman–Crippen MR) is 76.4 cm³/mol. The number of benzene rings is 1. The van der Waals surface area contributed by atoms with Gasteiger partial charge in [-0.25, -0.2) is 0 Å². The van der Waals surface area contributed by atoms with Crippen LogP contribution in [0.4, 0.5) is 11.4 Å². The molecule has 20 heavy (non-hydrogen) atoms. The maximum absolute atomic E-state index is 10.8. The highest BCUT2D eigenvalue weighted by atomic mass is 16.6. The summed E-state index contributed by atoms with van der Waals surface area (Å²) >= 11 is 0. The van der Waals surface area contributed by atoms with Gasteiger partial charge in [-0.15, -0.1) is 0 Å². The quantitative estimate of drug-likeness (QED) is 0.669. The first-order valence-corrected chi connectivity index (χ1v) is 6.79. The number of nitrogens with two attached hydrogens (primary N) is 1. The molecule has 1 aromatic carbocycles. The first kappa shape index (κ1) is 14.3. The first-order chi connectivity index (χ1) is 9.65. The molecule has 1 aliphatic heterocycles. The normalized spacial score (nSPS) is 15.9. The van der Waals surface area contributed by atoms with Crippen LogP contribution in [0.5, 0.6) is 0 Å². The van der Waals surface area contributed by atoms with E-state index in [1.54, 1.807) is 12.1 Å². The van der Waals surface area contributed by atoms with Crippen molar-refractivity contribution in [2.24, 2.45) is 11.7 Å². The number of nitro benzene ring substituents is 1. The number of nitro groups is 1. The topological polar surface area (TPSA) is 96.2 Å². The smallest absolute Gasteiger partial charge is 0.287 e. The van der Waals surface area contributed by atoms with Crippen molar-refractivity contribution < 1.29 is 4.92 Å². The molecule has 2 N–H and O–H groups in total. The van der Waals surface area contributed by atoms with E-state index in [2.05, 4.69) is 4.90 Å². The molecule has 2 rings (SSSR count). The van der Waals surface area contributed by atoms with E-state index in [0.717, 1.165) is 44.6 Å². The van der Waals surface area contributed by atoms with Crippen molar-refractivity contribution in [1.82, 2.24) is 0 Å². The fourth-order valence-corrected chi connectivity index (χ4v) is 2.69. The summed E-state index contributed by atoms with van der Waals surface area (Å²) in [6.07, 6.45) is 3.21. The largest absolute Gasteiger partial charge is 0.371 e. The lowest BCUT2D eigenvalue weighted by Crippen LogP contribution is -2.34. The molecule has 6 nitrogen and oxygen atoms in total. The summed E-state index contributed by atoms with van der Waals surface area (Å²) < 4.78 is 0. The van der Waals surface area contributed by atoms with Gasteiger partial charge in [0.2, 0.25) is 0 Å². The number of rotatable bonds is 4. The van der Waals surface area contributed by atoms with E-state index in [0.29, 0.717) is 5.92 Å². The van der Waals surface area contributed by atoms with Crippen molar-refractivity contribution >= 4 is 11.4 Å². The third kappa shape index (κ3) is 3.06. The molecule has 0 spiro atoms. The fourth-order valence-electron chi connectivity index (χ4n) is 2.69. The van der Waals surface area contributed by atoms with Crippen LogP contribution >= 0.6 is 0 Å². The maximum Gasteiger partial charge on any atom is 0.287 e. The monoisotopic (exact) mass is 274 g/mol. The van der Waals surface area contributed by atoms with Gasteiger partial charge in [-0.3, -0.25) is 10.1 Å². The van der Waals surface area contributed by atoms with Crippen LogP contribution in [0.1, 0.15) is 24.8 Å². The molecule has 0 saturated carbocycles. The van der Waals surface area contributed by atoms with E-state index in [1.165, 1.54) is 6.07 Å². The number of nitriles is 1. The van der Waals surface area contributed by atoms with Crippen LogP contribution in [-0.4, -0.2) is 24.6 Å². The van der Waals surface area contributed by atoms with Crippen molar-refractivity contribution in [3.8, 4) is 6.07 Å². The zero-order chi connectivity index (χ0) is 14.5. The van der Waals surface area contributed by atoms with Crippen molar-refractivity contribution in [3.63, 3.8) is 0 Å². The molecule has 0 amide bonds. The summed E-state index contributed by atoms with van der Waals surface area (Å²) in [6.45, 7) is 2.54. The molecule has 1 fully saturated rings. The van der Waals surface area contributed by atoms with Crippen molar-refractivity contribution in [2.45, 2.75) is 19.3 Å². The maximum atomic E-state index is 10.8. The van der Waals surface area contributed by atoms with Gasteiger partial charge in [0.1, 0.15) is 11.6 Å². The Morgan fingerprint density at radius 1 is 1.45 bits per heavy atom. The highest BCUT2D eigenvalue weighted by molar-refractivity contribution is 5.60. The molecule has 0 aromatic heterocycles. The summed E-state index contributed by atoms with van der Waals surface area (Å²) in [7, 11) is 0. The Morgan fingerprint density at radius 2 is 2.15 bits per heavy atom. The number of hydrogen-bond donors (Lipinski definition) is 1. The molecule has 1 aliphatic rings. The number of piperidine rings is 1. The second kappa shape index (κ2) is 6.35. The van der Waals surface area contributed by atoms with E-state index in [9.17, 15) is 10.1 Å². The van der Waals surface area contributed by atoms with E-state index >= 15 is 0 Å². The zero-order valence-corrected chi connectivity index (χ0v) is 11.3. The van der Waals surface area contributed by atoms with Crippen molar-refractivity contribution in [3.05, 3.63) is 33.9 Å². The van der Waals surface area contributed by atoms with Crippen LogP contribution in [0.25, 0.3) is 0 Å². The molecule has 6 heteroatoms. The van der Waals surface area contributed by atoms with Gasteiger partial charge in [0.05, 0.1) is 4.92 Å². The molecule has 0 atom stereocenters. The van der Waals surface area contributed by atoms with Gasteiger partial charge >= 0.3 is 0 Å². The lowest BCUT2D eigenvalue weighted by atomic mass is 9.93.